The van der Waals surface area contributed by atoms with Gasteiger partial charge in [-0.25, -0.2) is 0 Å². The van der Waals surface area contributed by atoms with Gasteiger partial charge in [0, 0.05) is 26.2 Å². The van der Waals surface area contributed by atoms with Crippen molar-refractivity contribution >= 4 is 0 Å². The highest BCUT2D eigenvalue weighted by atomic mass is 15.2. The minimum atomic E-state index is 1.22. The molecule has 2 nitrogen and oxygen atoms in total. The summed E-state index contributed by atoms with van der Waals surface area (Å²) in [5, 5.41) is 0. The predicted molar refractivity (Wildman–Crippen MR) is 82.9 cm³/mol. The molecule has 19 heavy (non-hydrogen) atoms. The Morgan fingerprint density at radius 1 is 0.895 bits per heavy atom. The Morgan fingerprint density at radius 2 is 1.53 bits per heavy atom. The van der Waals surface area contributed by atoms with E-state index in [2.05, 4.69) is 49.8 Å². The monoisotopic (exact) mass is 260 g/mol. The second-order valence-corrected chi connectivity index (χ2v) is 6.11. The van der Waals surface area contributed by atoms with Gasteiger partial charge in [0.2, 0.25) is 0 Å². The summed E-state index contributed by atoms with van der Waals surface area (Å²) in [7, 11) is 2.22. The van der Waals surface area contributed by atoms with Crippen LogP contribution in [0.5, 0.6) is 0 Å². The van der Waals surface area contributed by atoms with Crippen molar-refractivity contribution in [3.05, 3.63) is 34.4 Å². The van der Waals surface area contributed by atoms with E-state index in [1.165, 1.54) is 67.8 Å². The van der Waals surface area contributed by atoms with E-state index in [4.69, 9.17) is 0 Å². The molecular weight excluding hydrogens is 232 g/mol. The van der Waals surface area contributed by atoms with Gasteiger partial charge in [-0.3, -0.25) is 0 Å². The first kappa shape index (κ1) is 14.5. The van der Waals surface area contributed by atoms with E-state index >= 15 is 0 Å². The molecule has 0 aliphatic carbocycles. The third kappa shape index (κ3) is 4.05. The molecule has 0 N–H and O–H groups in total. The van der Waals surface area contributed by atoms with Gasteiger partial charge in [0.05, 0.1) is 0 Å². The van der Waals surface area contributed by atoms with Gasteiger partial charge in [0.15, 0.2) is 0 Å². The zero-order valence-corrected chi connectivity index (χ0v) is 13.0. The Hall–Kier alpha value is -0.860. The fourth-order valence-electron chi connectivity index (χ4n) is 2.85. The number of nitrogens with zero attached hydrogens (tertiary/aromatic N) is 2. The lowest BCUT2D eigenvalue weighted by atomic mass is 9.97. The normalized spacial score (nSPS) is 17.9. The molecule has 0 aromatic heterocycles. The van der Waals surface area contributed by atoms with E-state index in [0.717, 1.165) is 0 Å². The SMILES string of the molecule is Cc1cc(C)c(CCCN2CCN(C)CC2)cc1C. The summed E-state index contributed by atoms with van der Waals surface area (Å²) >= 11 is 0. The van der Waals surface area contributed by atoms with Gasteiger partial charge in [-0.1, -0.05) is 12.1 Å². The van der Waals surface area contributed by atoms with Gasteiger partial charge < -0.3 is 9.80 Å². The van der Waals surface area contributed by atoms with Crippen molar-refractivity contribution in [2.75, 3.05) is 39.8 Å². The summed E-state index contributed by atoms with van der Waals surface area (Å²) in [5.41, 5.74) is 5.85. The van der Waals surface area contributed by atoms with Crippen molar-refractivity contribution in [2.24, 2.45) is 0 Å². The van der Waals surface area contributed by atoms with Crippen LogP contribution in [0.15, 0.2) is 12.1 Å². The van der Waals surface area contributed by atoms with Crippen LogP contribution in [0.1, 0.15) is 28.7 Å². The minimum absolute atomic E-state index is 1.22. The van der Waals surface area contributed by atoms with Crippen molar-refractivity contribution in [1.82, 2.24) is 9.80 Å². The van der Waals surface area contributed by atoms with Crippen molar-refractivity contribution in [1.29, 1.82) is 0 Å². The van der Waals surface area contributed by atoms with Crippen LogP contribution in [0.3, 0.4) is 0 Å². The van der Waals surface area contributed by atoms with Crippen LogP contribution in [-0.2, 0) is 6.42 Å². The molecule has 0 bridgehead atoms. The fraction of sp³-hybridized carbons (Fsp3) is 0.647. The molecule has 0 spiro atoms. The summed E-state index contributed by atoms with van der Waals surface area (Å²) in [4.78, 5) is 5.03. The molecule has 1 saturated heterocycles. The summed E-state index contributed by atoms with van der Waals surface area (Å²) in [6.45, 7) is 12.9. The quantitative estimate of drug-likeness (QED) is 0.821. The predicted octanol–water partition coefficient (Wildman–Crippen LogP) is 2.79. The fourth-order valence-corrected chi connectivity index (χ4v) is 2.85. The summed E-state index contributed by atoms with van der Waals surface area (Å²) in [6.07, 6.45) is 2.51. The second-order valence-electron chi connectivity index (χ2n) is 6.11. The molecule has 0 radical (unpaired) electrons. The van der Waals surface area contributed by atoms with Gasteiger partial charge in [-0.15, -0.1) is 0 Å². The Bertz CT molecular complexity index is 418. The van der Waals surface area contributed by atoms with Gasteiger partial charge in [0.25, 0.3) is 0 Å². The van der Waals surface area contributed by atoms with Crippen LogP contribution in [-0.4, -0.2) is 49.6 Å². The third-order valence-electron chi connectivity index (χ3n) is 4.47. The van der Waals surface area contributed by atoms with Gasteiger partial charge in [-0.05, 0) is 69.5 Å². The molecule has 1 heterocycles. The highest BCUT2D eigenvalue weighted by Crippen LogP contribution is 2.17. The maximum Gasteiger partial charge on any atom is 0.0110 e. The smallest absolute Gasteiger partial charge is 0.0110 e. The van der Waals surface area contributed by atoms with Crippen LogP contribution in [0.4, 0.5) is 0 Å². The lowest BCUT2D eigenvalue weighted by molar-refractivity contribution is 0.153. The van der Waals surface area contributed by atoms with E-state index in [0.29, 0.717) is 0 Å². The Balaban J connectivity index is 1.81. The lowest BCUT2D eigenvalue weighted by Crippen LogP contribution is -2.44. The number of likely N-dealkylation sites (N-methyl/N-ethyl adjacent to an activating group) is 1. The topological polar surface area (TPSA) is 6.48 Å². The van der Waals surface area contributed by atoms with Crippen LogP contribution < -0.4 is 0 Å². The molecule has 2 heteroatoms. The number of hydrogen-bond donors (Lipinski definition) is 0. The zero-order chi connectivity index (χ0) is 13.8. The number of hydrogen-bond acceptors (Lipinski definition) is 2. The first-order chi connectivity index (χ1) is 9.06. The highest BCUT2D eigenvalue weighted by Gasteiger charge is 2.13. The first-order valence-corrected chi connectivity index (χ1v) is 7.54. The highest BCUT2D eigenvalue weighted by molar-refractivity contribution is 5.36. The first-order valence-electron chi connectivity index (χ1n) is 7.54. The molecular formula is C17H28N2. The maximum atomic E-state index is 2.61. The van der Waals surface area contributed by atoms with E-state index in [9.17, 15) is 0 Å². The molecule has 0 saturated carbocycles. The van der Waals surface area contributed by atoms with Crippen LogP contribution >= 0.6 is 0 Å². The van der Waals surface area contributed by atoms with Gasteiger partial charge >= 0.3 is 0 Å². The molecule has 1 aliphatic heterocycles. The van der Waals surface area contributed by atoms with Crippen molar-refractivity contribution < 1.29 is 0 Å². The van der Waals surface area contributed by atoms with Crippen LogP contribution in [0.25, 0.3) is 0 Å². The van der Waals surface area contributed by atoms with E-state index in [1.807, 2.05) is 0 Å². The third-order valence-corrected chi connectivity index (χ3v) is 4.47. The standard InChI is InChI=1S/C17H28N2/c1-14-12-16(3)17(13-15(14)2)6-5-7-19-10-8-18(4)9-11-19/h12-13H,5-11H2,1-4H3. The van der Waals surface area contributed by atoms with E-state index in [1.54, 1.807) is 0 Å². The Morgan fingerprint density at radius 3 is 2.21 bits per heavy atom. The summed E-state index contributed by atoms with van der Waals surface area (Å²) in [6, 6.07) is 4.72. The molecule has 0 unspecified atom stereocenters. The van der Waals surface area contributed by atoms with Crippen molar-refractivity contribution in [2.45, 2.75) is 33.6 Å². The zero-order valence-electron chi connectivity index (χ0n) is 13.0. The molecule has 0 amide bonds. The molecule has 2 rings (SSSR count). The van der Waals surface area contributed by atoms with Crippen LogP contribution in [0, 0.1) is 20.8 Å². The van der Waals surface area contributed by atoms with E-state index in [-0.39, 0.29) is 0 Å². The molecule has 0 atom stereocenters. The number of aryl methyl sites for hydroxylation is 4. The van der Waals surface area contributed by atoms with Gasteiger partial charge in [-0.2, -0.15) is 0 Å². The Kier molecular flexibility index (Phi) is 5.00. The largest absolute Gasteiger partial charge is 0.304 e. The number of rotatable bonds is 4. The lowest BCUT2D eigenvalue weighted by Gasteiger charge is -2.32. The second kappa shape index (κ2) is 6.53. The average molecular weight is 260 g/mol. The Labute approximate surface area is 118 Å². The van der Waals surface area contributed by atoms with E-state index < -0.39 is 0 Å². The average Bonchev–Trinajstić information content (AvgIpc) is 2.38. The maximum absolute atomic E-state index is 2.61. The molecule has 1 fully saturated rings. The summed E-state index contributed by atoms with van der Waals surface area (Å²) < 4.78 is 0. The number of benzene rings is 1. The van der Waals surface area contributed by atoms with Crippen LogP contribution in [0.2, 0.25) is 0 Å². The van der Waals surface area contributed by atoms with Crippen molar-refractivity contribution in [3.8, 4) is 0 Å². The minimum Gasteiger partial charge on any atom is -0.304 e. The van der Waals surface area contributed by atoms with Crippen molar-refractivity contribution in [3.63, 3.8) is 0 Å². The molecule has 1 aromatic carbocycles. The molecule has 106 valence electrons. The number of piperazine rings is 1. The molecule has 1 aliphatic rings. The summed E-state index contributed by atoms with van der Waals surface area (Å²) in [5.74, 6) is 0. The molecule has 1 aromatic rings. The van der Waals surface area contributed by atoms with Gasteiger partial charge in [0.1, 0.15) is 0 Å².